The van der Waals surface area contributed by atoms with Gasteiger partial charge in [0.1, 0.15) is 12.6 Å². The Morgan fingerprint density at radius 1 is 1.29 bits per heavy atom. The van der Waals surface area contributed by atoms with Crippen molar-refractivity contribution in [3.63, 3.8) is 0 Å². The van der Waals surface area contributed by atoms with Gasteiger partial charge in [0, 0.05) is 11.6 Å². The molecule has 1 heterocycles. The van der Waals surface area contributed by atoms with Gasteiger partial charge in [0.25, 0.3) is 5.56 Å². The minimum Gasteiger partial charge on any atom is -0.467 e. The number of nitrogens with zero attached hydrogens (tertiary/aromatic N) is 2. The molecule has 0 radical (unpaired) electrons. The average Bonchev–Trinajstić information content (AvgIpc) is 2.56. The number of carbonyl (C=O) groups excluding carboxylic acids is 2. The highest BCUT2D eigenvalue weighted by Gasteiger charge is 2.17. The summed E-state index contributed by atoms with van der Waals surface area (Å²) in [5.74, 6) is -1.10. The van der Waals surface area contributed by atoms with E-state index in [1.54, 1.807) is 24.3 Å². The van der Waals surface area contributed by atoms with Crippen molar-refractivity contribution in [1.82, 2.24) is 15.1 Å². The molecule has 0 bridgehead atoms. The molecule has 8 heteroatoms. The molecule has 1 aromatic heterocycles. The Kier molecular flexibility index (Phi) is 5.70. The zero-order valence-electron chi connectivity index (χ0n) is 13.2. The molecule has 2 aromatic rings. The molecule has 0 saturated carbocycles. The summed E-state index contributed by atoms with van der Waals surface area (Å²) in [6, 6.07) is 9.08. The maximum Gasteiger partial charge on any atom is 0.328 e. The van der Waals surface area contributed by atoms with Crippen molar-refractivity contribution < 1.29 is 14.3 Å². The lowest BCUT2D eigenvalue weighted by Gasteiger charge is -2.12. The van der Waals surface area contributed by atoms with E-state index in [2.05, 4.69) is 15.2 Å². The summed E-state index contributed by atoms with van der Waals surface area (Å²) >= 11 is 6.12. The summed E-state index contributed by atoms with van der Waals surface area (Å²) in [5.41, 5.74) is 0.678. The second-order valence-corrected chi connectivity index (χ2v) is 5.41. The third-order valence-corrected chi connectivity index (χ3v) is 3.57. The summed E-state index contributed by atoms with van der Waals surface area (Å²) in [7, 11) is 1.23. The summed E-state index contributed by atoms with van der Waals surface area (Å²) in [6.07, 6.45) is 0. The van der Waals surface area contributed by atoms with Crippen LogP contribution in [0.1, 0.15) is 6.92 Å². The summed E-state index contributed by atoms with van der Waals surface area (Å²) in [4.78, 5) is 35.2. The fourth-order valence-electron chi connectivity index (χ4n) is 2.03. The topological polar surface area (TPSA) is 90.3 Å². The lowest BCUT2D eigenvalue weighted by Crippen LogP contribution is -2.42. The third kappa shape index (κ3) is 4.20. The van der Waals surface area contributed by atoms with Crippen LogP contribution in [0.3, 0.4) is 0 Å². The first-order valence-electron chi connectivity index (χ1n) is 7.12. The first-order valence-corrected chi connectivity index (χ1v) is 7.50. The first kappa shape index (κ1) is 17.7. The Hall–Kier alpha value is -2.67. The maximum absolute atomic E-state index is 12.0. The Balaban J connectivity index is 2.21. The van der Waals surface area contributed by atoms with E-state index in [-0.39, 0.29) is 6.54 Å². The smallest absolute Gasteiger partial charge is 0.328 e. The van der Waals surface area contributed by atoms with Gasteiger partial charge >= 0.3 is 5.97 Å². The van der Waals surface area contributed by atoms with Gasteiger partial charge in [-0.25, -0.2) is 9.48 Å². The molecule has 0 fully saturated rings. The zero-order chi connectivity index (χ0) is 17.7. The largest absolute Gasteiger partial charge is 0.467 e. The SMILES string of the molecule is COC(=O)[C@@H](C)NC(=O)Cn1nc(-c2ccccc2Cl)ccc1=O. The fraction of sp³-hybridized carbons (Fsp3) is 0.250. The number of halogens is 1. The fourth-order valence-corrected chi connectivity index (χ4v) is 2.27. The van der Waals surface area contributed by atoms with Crippen LogP contribution in [0.25, 0.3) is 11.3 Å². The van der Waals surface area contributed by atoms with Gasteiger partial charge in [0.15, 0.2) is 0 Å². The van der Waals surface area contributed by atoms with E-state index in [0.717, 1.165) is 4.68 Å². The number of esters is 1. The summed E-state index contributed by atoms with van der Waals surface area (Å²) < 4.78 is 5.54. The molecule has 1 amide bonds. The van der Waals surface area contributed by atoms with Gasteiger partial charge in [-0.2, -0.15) is 5.10 Å². The molecule has 1 aromatic carbocycles. The minimum atomic E-state index is -0.815. The first-order chi connectivity index (χ1) is 11.4. The molecular formula is C16H16ClN3O4. The van der Waals surface area contributed by atoms with Crippen LogP contribution in [0.15, 0.2) is 41.2 Å². The van der Waals surface area contributed by atoms with E-state index in [9.17, 15) is 14.4 Å². The van der Waals surface area contributed by atoms with E-state index < -0.39 is 23.5 Å². The number of hydrogen-bond acceptors (Lipinski definition) is 5. The van der Waals surface area contributed by atoms with Gasteiger partial charge in [-0.15, -0.1) is 0 Å². The normalized spacial score (nSPS) is 11.6. The molecule has 1 atom stereocenters. The number of amides is 1. The maximum atomic E-state index is 12.0. The predicted octanol–water partition coefficient (Wildman–Crippen LogP) is 1.24. The van der Waals surface area contributed by atoms with Gasteiger partial charge in [0.05, 0.1) is 17.8 Å². The number of rotatable bonds is 5. The van der Waals surface area contributed by atoms with Gasteiger partial charge < -0.3 is 10.1 Å². The minimum absolute atomic E-state index is 0.321. The van der Waals surface area contributed by atoms with E-state index in [0.29, 0.717) is 16.3 Å². The van der Waals surface area contributed by atoms with Gasteiger partial charge in [-0.05, 0) is 19.1 Å². The molecule has 0 spiro atoms. The molecule has 7 nitrogen and oxygen atoms in total. The quantitative estimate of drug-likeness (QED) is 0.820. The number of carbonyl (C=O) groups is 2. The van der Waals surface area contributed by atoms with Crippen LogP contribution >= 0.6 is 11.6 Å². The predicted molar refractivity (Wildman–Crippen MR) is 88.6 cm³/mol. The van der Waals surface area contributed by atoms with Crippen LogP contribution < -0.4 is 10.9 Å². The second kappa shape index (κ2) is 7.74. The van der Waals surface area contributed by atoms with Crippen LogP contribution in [-0.2, 0) is 20.9 Å². The number of hydrogen-bond donors (Lipinski definition) is 1. The molecule has 0 unspecified atom stereocenters. The number of benzene rings is 1. The van der Waals surface area contributed by atoms with Crippen LogP contribution in [0.2, 0.25) is 5.02 Å². The lowest BCUT2D eigenvalue weighted by atomic mass is 10.1. The highest BCUT2D eigenvalue weighted by atomic mass is 35.5. The van der Waals surface area contributed by atoms with Crippen molar-refractivity contribution in [1.29, 1.82) is 0 Å². The standard InChI is InChI=1S/C16H16ClN3O4/c1-10(16(23)24-2)18-14(21)9-20-15(22)8-7-13(19-20)11-5-3-4-6-12(11)17/h3-8,10H,9H2,1-2H3,(H,18,21)/t10-/m1/s1. The van der Waals surface area contributed by atoms with E-state index in [4.69, 9.17) is 11.6 Å². The van der Waals surface area contributed by atoms with Crippen LogP contribution in [0.4, 0.5) is 0 Å². The number of aromatic nitrogens is 2. The molecule has 24 heavy (non-hydrogen) atoms. The van der Waals surface area contributed by atoms with E-state index in [1.165, 1.54) is 26.2 Å². The second-order valence-electron chi connectivity index (χ2n) is 5.01. The summed E-state index contributed by atoms with van der Waals surface area (Å²) in [6.45, 7) is 1.17. The Morgan fingerprint density at radius 2 is 2.00 bits per heavy atom. The highest BCUT2D eigenvalue weighted by molar-refractivity contribution is 6.33. The van der Waals surface area contributed by atoms with Crippen molar-refractivity contribution in [2.75, 3.05) is 7.11 Å². The molecule has 0 aliphatic rings. The molecule has 0 saturated heterocycles. The number of ether oxygens (including phenoxy) is 1. The summed E-state index contributed by atoms with van der Waals surface area (Å²) in [5, 5.41) is 7.08. The molecule has 2 rings (SSSR count). The Morgan fingerprint density at radius 3 is 2.67 bits per heavy atom. The van der Waals surface area contributed by atoms with Crippen LogP contribution in [-0.4, -0.2) is 34.8 Å². The molecule has 1 N–H and O–H groups in total. The average molecular weight is 350 g/mol. The highest BCUT2D eigenvalue weighted by Crippen LogP contribution is 2.24. The molecule has 0 aliphatic heterocycles. The van der Waals surface area contributed by atoms with Crippen molar-refractivity contribution in [2.45, 2.75) is 19.5 Å². The third-order valence-electron chi connectivity index (χ3n) is 3.24. The lowest BCUT2D eigenvalue weighted by molar-refractivity contribution is -0.144. The Bertz CT molecular complexity index is 819. The van der Waals surface area contributed by atoms with Crippen LogP contribution in [0.5, 0.6) is 0 Å². The Labute approximate surface area is 143 Å². The monoisotopic (exact) mass is 349 g/mol. The van der Waals surface area contributed by atoms with Gasteiger partial charge in [-0.1, -0.05) is 29.8 Å². The number of methoxy groups -OCH3 is 1. The van der Waals surface area contributed by atoms with Crippen LogP contribution in [0, 0.1) is 0 Å². The van der Waals surface area contributed by atoms with E-state index >= 15 is 0 Å². The van der Waals surface area contributed by atoms with Crippen molar-refractivity contribution >= 4 is 23.5 Å². The molecule has 126 valence electrons. The zero-order valence-corrected chi connectivity index (χ0v) is 13.9. The van der Waals surface area contributed by atoms with Gasteiger partial charge in [-0.3, -0.25) is 9.59 Å². The molecule has 0 aliphatic carbocycles. The van der Waals surface area contributed by atoms with Crippen molar-refractivity contribution in [2.24, 2.45) is 0 Å². The van der Waals surface area contributed by atoms with E-state index in [1.807, 2.05) is 0 Å². The van der Waals surface area contributed by atoms with Gasteiger partial charge in [0.2, 0.25) is 5.91 Å². The van der Waals surface area contributed by atoms with Crippen molar-refractivity contribution in [3.05, 3.63) is 51.8 Å². The number of nitrogens with one attached hydrogen (secondary N) is 1. The molecular weight excluding hydrogens is 334 g/mol. The van der Waals surface area contributed by atoms with Crippen molar-refractivity contribution in [3.8, 4) is 11.3 Å².